The van der Waals surface area contributed by atoms with Gasteiger partial charge >= 0.3 is 6.18 Å². The van der Waals surface area contributed by atoms with Crippen molar-refractivity contribution in [1.29, 1.82) is 0 Å². The normalized spacial score (nSPS) is 16.1. The number of para-hydroxylation sites is 1. The maximum absolute atomic E-state index is 13.2. The van der Waals surface area contributed by atoms with Gasteiger partial charge in [0.05, 0.1) is 10.5 Å². The molecule has 1 aliphatic rings. The molecule has 164 valence electrons. The zero-order valence-corrected chi connectivity index (χ0v) is 17.8. The van der Waals surface area contributed by atoms with Gasteiger partial charge in [-0.15, -0.1) is 0 Å². The highest BCUT2D eigenvalue weighted by Gasteiger charge is 2.37. The van der Waals surface area contributed by atoms with Gasteiger partial charge in [0.15, 0.2) is 0 Å². The number of hydrogen-bond donors (Lipinski definition) is 1. The molecule has 10 heteroatoms. The lowest BCUT2D eigenvalue weighted by Crippen LogP contribution is -2.47. The topological polar surface area (TPSA) is 52.7 Å². The highest BCUT2D eigenvalue weighted by atomic mass is 35.5. The number of hydrogen-bond acceptors (Lipinski definition) is 4. The average molecular weight is 462 g/mol. The zero-order valence-electron chi connectivity index (χ0n) is 16.2. The Kier molecular flexibility index (Phi) is 7.28. The summed E-state index contributed by atoms with van der Waals surface area (Å²) in [6, 6.07) is 12.8. The van der Waals surface area contributed by atoms with Crippen molar-refractivity contribution < 1.29 is 21.6 Å². The highest BCUT2D eigenvalue weighted by Crippen LogP contribution is 2.35. The molecular weight excluding hydrogens is 439 g/mol. The maximum atomic E-state index is 13.2. The third-order valence-corrected chi connectivity index (χ3v) is 6.73. The molecule has 5 nitrogen and oxygen atoms in total. The quantitative estimate of drug-likeness (QED) is 0.636. The lowest BCUT2D eigenvalue weighted by atomic mass is 10.2. The molecule has 0 bridgehead atoms. The van der Waals surface area contributed by atoms with Crippen LogP contribution in [0.15, 0.2) is 53.4 Å². The predicted molar refractivity (Wildman–Crippen MR) is 111 cm³/mol. The van der Waals surface area contributed by atoms with Crippen LogP contribution >= 0.6 is 11.6 Å². The van der Waals surface area contributed by atoms with E-state index in [0.29, 0.717) is 19.0 Å². The van der Waals surface area contributed by atoms with E-state index in [1.165, 1.54) is 5.69 Å². The van der Waals surface area contributed by atoms with Crippen LogP contribution in [0.1, 0.15) is 12.0 Å². The molecule has 2 aromatic rings. The van der Waals surface area contributed by atoms with E-state index in [-0.39, 0.29) is 11.6 Å². The van der Waals surface area contributed by atoms with Gasteiger partial charge in [0.25, 0.3) is 0 Å². The van der Waals surface area contributed by atoms with Crippen LogP contribution in [0.4, 0.5) is 18.9 Å². The van der Waals surface area contributed by atoms with E-state index in [0.717, 1.165) is 38.3 Å². The standard InChI is InChI=1S/C20H23ClF3N3O2S/c21-16-7-8-19(18(15-16)20(22,23)24)30(28,29)25-9-4-10-26-11-13-27(14-12-26)17-5-2-1-3-6-17/h1-3,5-8,15,25H,4,9-14H2. The molecule has 3 rings (SSSR count). The van der Waals surface area contributed by atoms with Crippen LogP contribution < -0.4 is 9.62 Å². The molecule has 1 fully saturated rings. The van der Waals surface area contributed by atoms with Crippen LogP contribution in [0.5, 0.6) is 0 Å². The van der Waals surface area contributed by atoms with E-state index < -0.39 is 26.7 Å². The summed E-state index contributed by atoms with van der Waals surface area (Å²) >= 11 is 5.61. The molecule has 1 saturated heterocycles. The van der Waals surface area contributed by atoms with Gasteiger partial charge in [-0.25, -0.2) is 13.1 Å². The van der Waals surface area contributed by atoms with Crippen molar-refractivity contribution in [3.8, 4) is 0 Å². The zero-order chi connectivity index (χ0) is 21.8. The van der Waals surface area contributed by atoms with Gasteiger partial charge in [-0.3, -0.25) is 4.90 Å². The molecule has 0 aliphatic carbocycles. The maximum Gasteiger partial charge on any atom is 0.417 e. The van der Waals surface area contributed by atoms with Crippen molar-refractivity contribution in [2.24, 2.45) is 0 Å². The minimum Gasteiger partial charge on any atom is -0.369 e. The van der Waals surface area contributed by atoms with Crippen LogP contribution in [0.3, 0.4) is 0 Å². The van der Waals surface area contributed by atoms with Gasteiger partial charge in [-0.05, 0) is 43.3 Å². The molecule has 0 aromatic heterocycles. The molecule has 1 N–H and O–H groups in total. The number of piperazine rings is 1. The largest absolute Gasteiger partial charge is 0.417 e. The Bertz CT molecular complexity index is 948. The highest BCUT2D eigenvalue weighted by molar-refractivity contribution is 7.89. The molecule has 0 unspecified atom stereocenters. The van der Waals surface area contributed by atoms with Crippen LogP contribution in [0.2, 0.25) is 5.02 Å². The Morgan fingerprint density at radius 3 is 2.30 bits per heavy atom. The fraction of sp³-hybridized carbons (Fsp3) is 0.400. The molecule has 0 amide bonds. The van der Waals surface area contributed by atoms with E-state index in [4.69, 9.17) is 11.6 Å². The molecular formula is C20H23ClF3N3O2S. The molecule has 0 spiro atoms. The van der Waals surface area contributed by atoms with Crippen molar-refractivity contribution in [1.82, 2.24) is 9.62 Å². The van der Waals surface area contributed by atoms with Crippen molar-refractivity contribution >= 4 is 27.3 Å². The first-order valence-corrected chi connectivity index (χ1v) is 11.4. The second kappa shape index (κ2) is 9.55. The number of alkyl halides is 3. The summed E-state index contributed by atoms with van der Waals surface area (Å²) in [7, 11) is -4.29. The molecule has 0 saturated carbocycles. The first-order valence-electron chi connectivity index (χ1n) is 9.55. The van der Waals surface area contributed by atoms with Crippen LogP contribution in [-0.2, 0) is 16.2 Å². The van der Waals surface area contributed by atoms with Crippen LogP contribution in [0, 0.1) is 0 Å². The summed E-state index contributed by atoms with van der Waals surface area (Å²) in [6.45, 7) is 4.15. The van der Waals surface area contributed by atoms with E-state index in [1.807, 2.05) is 18.2 Å². The number of halogens is 4. The molecule has 1 aliphatic heterocycles. The van der Waals surface area contributed by atoms with Crippen molar-refractivity contribution in [3.63, 3.8) is 0 Å². The summed E-state index contributed by atoms with van der Waals surface area (Å²) in [5.41, 5.74) is -0.0899. The predicted octanol–water partition coefficient (Wildman–Crippen LogP) is 3.85. The Labute approximate surface area is 179 Å². The molecule has 0 atom stereocenters. The number of nitrogens with one attached hydrogen (secondary N) is 1. The average Bonchev–Trinajstić information content (AvgIpc) is 2.71. The third-order valence-electron chi connectivity index (χ3n) is 4.97. The van der Waals surface area contributed by atoms with Gasteiger partial charge < -0.3 is 4.90 Å². The minimum atomic E-state index is -4.81. The van der Waals surface area contributed by atoms with Gasteiger partial charge in [0.1, 0.15) is 0 Å². The molecule has 1 heterocycles. The summed E-state index contributed by atoms with van der Waals surface area (Å²) in [5, 5.41) is -0.170. The van der Waals surface area contributed by atoms with E-state index in [2.05, 4.69) is 26.7 Å². The van der Waals surface area contributed by atoms with Crippen LogP contribution in [0.25, 0.3) is 0 Å². The van der Waals surface area contributed by atoms with E-state index in [9.17, 15) is 21.6 Å². The molecule has 2 aromatic carbocycles. The Hall–Kier alpha value is -1.81. The van der Waals surface area contributed by atoms with Crippen molar-refractivity contribution in [2.45, 2.75) is 17.5 Å². The first-order chi connectivity index (χ1) is 14.2. The Morgan fingerprint density at radius 2 is 1.67 bits per heavy atom. The van der Waals surface area contributed by atoms with Gasteiger partial charge in [-0.1, -0.05) is 29.8 Å². The molecule has 30 heavy (non-hydrogen) atoms. The summed E-state index contributed by atoms with van der Waals surface area (Å²) < 4.78 is 66.6. The summed E-state index contributed by atoms with van der Waals surface area (Å²) in [4.78, 5) is 3.70. The summed E-state index contributed by atoms with van der Waals surface area (Å²) in [5.74, 6) is 0. The second-order valence-electron chi connectivity index (χ2n) is 7.05. The number of sulfonamides is 1. The minimum absolute atomic E-state index is 0.0567. The van der Waals surface area contributed by atoms with E-state index >= 15 is 0 Å². The summed E-state index contributed by atoms with van der Waals surface area (Å²) in [6.07, 6.45) is -4.31. The monoisotopic (exact) mass is 461 g/mol. The Morgan fingerprint density at radius 1 is 1.00 bits per heavy atom. The SMILES string of the molecule is O=S(=O)(NCCCN1CCN(c2ccccc2)CC1)c1ccc(Cl)cc1C(F)(F)F. The first kappa shape index (κ1) is 22.9. The number of rotatable bonds is 7. The van der Waals surface area contributed by atoms with Crippen LogP contribution in [-0.4, -0.2) is 52.6 Å². The number of anilines is 1. The second-order valence-corrected chi connectivity index (χ2v) is 9.23. The fourth-order valence-electron chi connectivity index (χ4n) is 3.41. The smallest absolute Gasteiger partial charge is 0.369 e. The van der Waals surface area contributed by atoms with Crippen molar-refractivity contribution in [2.75, 3.05) is 44.2 Å². The number of nitrogens with zero attached hydrogens (tertiary/aromatic N) is 2. The third kappa shape index (κ3) is 5.87. The van der Waals surface area contributed by atoms with E-state index in [1.54, 1.807) is 0 Å². The van der Waals surface area contributed by atoms with Gasteiger partial charge in [0, 0.05) is 43.4 Å². The lowest BCUT2D eigenvalue weighted by Gasteiger charge is -2.36. The van der Waals surface area contributed by atoms with Crippen molar-refractivity contribution in [3.05, 3.63) is 59.1 Å². The Balaban J connectivity index is 1.49. The number of benzene rings is 2. The molecule has 0 radical (unpaired) electrons. The lowest BCUT2D eigenvalue weighted by molar-refractivity contribution is -0.139. The van der Waals surface area contributed by atoms with Gasteiger partial charge in [-0.2, -0.15) is 13.2 Å². The van der Waals surface area contributed by atoms with Gasteiger partial charge in [0.2, 0.25) is 10.0 Å². The fourth-order valence-corrected chi connectivity index (χ4v) is 4.87.